The summed E-state index contributed by atoms with van der Waals surface area (Å²) in [6.45, 7) is 8.29. The first kappa shape index (κ1) is 30.4. The minimum atomic E-state index is -0.918. The Bertz CT molecular complexity index is 1280. The van der Waals surface area contributed by atoms with Crippen molar-refractivity contribution in [2.24, 2.45) is 0 Å². The summed E-state index contributed by atoms with van der Waals surface area (Å²) in [6.07, 6.45) is 1.91. The van der Waals surface area contributed by atoms with Crippen molar-refractivity contribution in [2.75, 3.05) is 26.9 Å². The van der Waals surface area contributed by atoms with E-state index in [1.165, 1.54) is 25.3 Å². The number of nitrogens with zero attached hydrogens (tertiary/aromatic N) is 1. The van der Waals surface area contributed by atoms with Gasteiger partial charge in [0, 0.05) is 30.1 Å². The molecule has 10 nitrogen and oxygen atoms in total. The number of rotatable bonds is 13. The molecule has 0 saturated carbocycles. The van der Waals surface area contributed by atoms with Crippen molar-refractivity contribution in [3.63, 3.8) is 0 Å². The first-order valence-electron chi connectivity index (χ1n) is 13.2. The van der Waals surface area contributed by atoms with Gasteiger partial charge in [-0.2, -0.15) is 0 Å². The second-order valence-electron chi connectivity index (χ2n) is 9.49. The molecule has 1 aliphatic rings. The molecule has 0 aromatic heterocycles. The lowest BCUT2D eigenvalue weighted by Gasteiger charge is -2.30. The number of ether oxygens (including phenoxy) is 4. The lowest BCUT2D eigenvalue weighted by atomic mass is 9.80. The fourth-order valence-electron chi connectivity index (χ4n) is 4.60. The average molecular weight is 553 g/mol. The molecular formula is C30H36N2O8. The Kier molecular flexibility index (Phi) is 10.8. The fraction of sp³-hybridized carbons (Fsp3) is 0.400. The largest absolute Gasteiger partial charge is 0.490 e. The summed E-state index contributed by atoms with van der Waals surface area (Å²) in [4.78, 5) is 36.9. The molecule has 2 aromatic rings. The first-order valence-corrected chi connectivity index (χ1v) is 13.2. The molecule has 0 radical (unpaired) electrons. The molecule has 2 atom stereocenters. The summed E-state index contributed by atoms with van der Waals surface area (Å²) in [7, 11) is 1.24. The Balaban J connectivity index is 1.69. The summed E-state index contributed by atoms with van der Waals surface area (Å²) in [5, 5.41) is 14.5. The van der Waals surface area contributed by atoms with Crippen molar-refractivity contribution >= 4 is 17.6 Å². The molecular weight excluding hydrogens is 516 g/mol. The summed E-state index contributed by atoms with van der Waals surface area (Å²) in [5.74, 6) is -1.61. The first-order chi connectivity index (χ1) is 19.2. The zero-order valence-electron chi connectivity index (χ0n) is 23.5. The van der Waals surface area contributed by atoms with Gasteiger partial charge < -0.3 is 24.3 Å². The van der Waals surface area contributed by atoms with Gasteiger partial charge in [-0.15, -0.1) is 0 Å². The SMILES string of the molecule is CCCOC(C)Cc1ccc(OCCOC(=O)C2=C(C)NC(C)=C(C(=O)OC)[C@@H]2c2cccc([N+](=O)[O-])c2)cc1. The van der Waals surface area contributed by atoms with Gasteiger partial charge >= 0.3 is 11.9 Å². The number of benzene rings is 2. The highest BCUT2D eigenvalue weighted by Crippen LogP contribution is 2.40. The predicted octanol–water partition coefficient (Wildman–Crippen LogP) is 4.98. The summed E-state index contributed by atoms with van der Waals surface area (Å²) < 4.78 is 22.0. The van der Waals surface area contributed by atoms with Crippen molar-refractivity contribution in [1.82, 2.24) is 5.32 Å². The van der Waals surface area contributed by atoms with E-state index in [2.05, 4.69) is 12.2 Å². The zero-order valence-corrected chi connectivity index (χ0v) is 23.5. The van der Waals surface area contributed by atoms with Gasteiger partial charge in [-0.1, -0.05) is 31.2 Å². The van der Waals surface area contributed by atoms with E-state index in [1.807, 2.05) is 31.2 Å². The van der Waals surface area contributed by atoms with Crippen LogP contribution in [0.5, 0.6) is 5.75 Å². The van der Waals surface area contributed by atoms with Crippen molar-refractivity contribution in [3.05, 3.63) is 92.3 Å². The van der Waals surface area contributed by atoms with E-state index in [-0.39, 0.29) is 36.2 Å². The summed E-state index contributed by atoms with van der Waals surface area (Å²) >= 11 is 0. The number of dihydropyridines is 1. The highest BCUT2D eigenvalue weighted by atomic mass is 16.6. The quantitative estimate of drug-likeness (QED) is 0.158. The third-order valence-corrected chi connectivity index (χ3v) is 6.44. The Morgan fingerprint density at radius 3 is 2.30 bits per heavy atom. The Hall–Kier alpha value is -4.18. The number of nitrogens with one attached hydrogen (secondary N) is 1. The molecule has 1 unspecified atom stereocenters. The molecule has 0 spiro atoms. The molecule has 1 aliphatic heterocycles. The van der Waals surface area contributed by atoms with Crippen LogP contribution in [0.4, 0.5) is 5.69 Å². The number of nitro groups is 1. The minimum Gasteiger partial charge on any atom is -0.490 e. The molecule has 0 amide bonds. The molecule has 1 heterocycles. The highest BCUT2D eigenvalue weighted by Gasteiger charge is 2.38. The van der Waals surface area contributed by atoms with Crippen molar-refractivity contribution in [1.29, 1.82) is 0 Å². The van der Waals surface area contributed by atoms with E-state index >= 15 is 0 Å². The van der Waals surface area contributed by atoms with Gasteiger partial charge in [0.05, 0.1) is 35.2 Å². The molecule has 1 N–H and O–H groups in total. The van der Waals surface area contributed by atoms with Crippen LogP contribution in [-0.4, -0.2) is 49.9 Å². The van der Waals surface area contributed by atoms with Gasteiger partial charge in [0.25, 0.3) is 5.69 Å². The number of methoxy groups -OCH3 is 1. The average Bonchev–Trinajstić information content (AvgIpc) is 2.94. The Labute approximate surface area is 234 Å². The van der Waals surface area contributed by atoms with Gasteiger partial charge in [0.2, 0.25) is 0 Å². The predicted molar refractivity (Wildman–Crippen MR) is 149 cm³/mol. The fourth-order valence-corrected chi connectivity index (χ4v) is 4.60. The van der Waals surface area contributed by atoms with E-state index in [1.54, 1.807) is 19.9 Å². The van der Waals surface area contributed by atoms with E-state index in [0.29, 0.717) is 22.7 Å². The number of allylic oxidation sites excluding steroid dienone is 2. The van der Waals surface area contributed by atoms with Gasteiger partial charge in [-0.05, 0) is 56.9 Å². The molecule has 0 fully saturated rings. The molecule has 0 aliphatic carbocycles. The third kappa shape index (κ3) is 7.69. The van der Waals surface area contributed by atoms with E-state index < -0.39 is 22.8 Å². The lowest BCUT2D eigenvalue weighted by Crippen LogP contribution is -2.32. The second-order valence-corrected chi connectivity index (χ2v) is 9.49. The molecule has 40 heavy (non-hydrogen) atoms. The Morgan fingerprint density at radius 2 is 1.68 bits per heavy atom. The molecule has 10 heteroatoms. The molecule has 0 bridgehead atoms. The van der Waals surface area contributed by atoms with Crippen LogP contribution in [0.3, 0.4) is 0 Å². The summed E-state index contributed by atoms with van der Waals surface area (Å²) in [6, 6.07) is 13.5. The van der Waals surface area contributed by atoms with Crippen LogP contribution in [0.1, 0.15) is 51.2 Å². The molecule has 214 valence electrons. The smallest absolute Gasteiger partial charge is 0.336 e. The van der Waals surface area contributed by atoms with Crippen LogP contribution >= 0.6 is 0 Å². The van der Waals surface area contributed by atoms with Gasteiger partial charge in [0.1, 0.15) is 19.0 Å². The number of carbonyl (C=O) groups excluding carboxylic acids is 2. The zero-order chi connectivity index (χ0) is 29.2. The molecule has 2 aromatic carbocycles. The third-order valence-electron chi connectivity index (χ3n) is 6.44. The number of non-ortho nitro benzene ring substituents is 1. The number of carbonyl (C=O) groups is 2. The topological polar surface area (TPSA) is 126 Å². The van der Waals surface area contributed by atoms with Crippen LogP contribution in [0.25, 0.3) is 0 Å². The van der Waals surface area contributed by atoms with Gasteiger partial charge in [0.15, 0.2) is 0 Å². The standard InChI is InChI=1S/C30H36N2O8/c1-6-14-38-19(2)17-22-10-12-25(13-11-22)39-15-16-40-30(34)27-21(4)31-20(3)26(29(33)37-5)28(27)23-8-7-9-24(18-23)32(35)36/h7-13,18-19,28,31H,6,14-17H2,1-5H3/t19?,28-/m0/s1. The maximum Gasteiger partial charge on any atom is 0.336 e. The Morgan fingerprint density at radius 1 is 1.00 bits per heavy atom. The van der Waals surface area contributed by atoms with Crippen molar-refractivity contribution < 1.29 is 33.5 Å². The van der Waals surface area contributed by atoms with Crippen LogP contribution in [0, 0.1) is 10.1 Å². The van der Waals surface area contributed by atoms with Crippen LogP contribution in [0.15, 0.2) is 71.1 Å². The maximum atomic E-state index is 13.3. The van der Waals surface area contributed by atoms with Crippen LogP contribution in [0.2, 0.25) is 0 Å². The molecule has 0 saturated heterocycles. The van der Waals surface area contributed by atoms with Crippen LogP contribution in [-0.2, 0) is 30.2 Å². The van der Waals surface area contributed by atoms with Crippen molar-refractivity contribution in [2.45, 2.75) is 52.6 Å². The van der Waals surface area contributed by atoms with E-state index in [4.69, 9.17) is 18.9 Å². The van der Waals surface area contributed by atoms with E-state index in [9.17, 15) is 19.7 Å². The minimum absolute atomic E-state index is 0.0445. The second kappa shape index (κ2) is 14.3. The van der Waals surface area contributed by atoms with Gasteiger partial charge in [-0.3, -0.25) is 10.1 Å². The number of hydrogen-bond donors (Lipinski definition) is 1. The lowest BCUT2D eigenvalue weighted by molar-refractivity contribution is -0.384. The molecule has 3 rings (SSSR count). The van der Waals surface area contributed by atoms with Crippen molar-refractivity contribution in [3.8, 4) is 5.75 Å². The number of hydrogen-bond acceptors (Lipinski definition) is 9. The highest BCUT2D eigenvalue weighted by molar-refractivity contribution is 5.99. The number of esters is 2. The monoisotopic (exact) mass is 552 g/mol. The summed E-state index contributed by atoms with van der Waals surface area (Å²) in [5.41, 5.74) is 2.65. The van der Waals surface area contributed by atoms with Crippen LogP contribution < -0.4 is 10.1 Å². The van der Waals surface area contributed by atoms with Gasteiger partial charge in [-0.25, -0.2) is 9.59 Å². The normalized spacial score (nSPS) is 15.8. The number of nitro benzene ring substituents is 1. The van der Waals surface area contributed by atoms with E-state index in [0.717, 1.165) is 25.0 Å². The maximum absolute atomic E-state index is 13.3.